The summed E-state index contributed by atoms with van der Waals surface area (Å²) < 4.78 is 0. The van der Waals surface area contributed by atoms with E-state index in [1.807, 2.05) is 27.7 Å². The van der Waals surface area contributed by atoms with Crippen molar-refractivity contribution < 1.29 is 4.79 Å². The summed E-state index contributed by atoms with van der Waals surface area (Å²) in [6, 6.07) is 2.25. The summed E-state index contributed by atoms with van der Waals surface area (Å²) in [5.41, 5.74) is -0.152. The molecule has 2 atom stereocenters. The molecule has 1 fully saturated rings. The quantitative estimate of drug-likeness (QED) is 0.808. The van der Waals surface area contributed by atoms with Gasteiger partial charge in [-0.2, -0.15) is 5.26 Å². The Balaban J connectivity index is 2.50. The minimum Gasteiger partial charge on any atom is -0.350 e. The van der Waals surface area contributed by atoms with Crippen molar-refractivity contribution in [2.75, 3.05) is 26.2 Å². The highest BCUT2D eigenvalue weighted by atomic mass is 16.2. The zero-order valence-electron chi connectivity index (χ0n) is 14.1. The van der Waals surface area contributed by atoms with Crippen LogP contribution in [0.5, 0.6) is 0 Å². The van der Waals surface area contributed by atoms with Gasteiger partial charge < -0.3 is 5.32 Å². The number of hydrogen-bond donors (Lipinski definition) is 1. The number of nitriles is 1. The van der Waals surface area contributed by atoms with Crippen LogP contribution in [-0.4, -0.2) is 59.5 Å². The van der Waals surface area contributed by atoms with E-state index < -0.39 is 0 Å². The summed E-state index contributed by atoms with van der Waals surface area (Å²) in [6.07, 6.45) is 1.77. The maximum atomic E-state index is 12.3. The van der Waals surface area contributed by atoms with E-state index in [2.05, 4.69) is 28.1 Å². The van der Waals surface area contributed by atoms with E-state index >= 15 is 0 Å². The van der Waals surface area contributed by atoms with E-state index in [1.165, 1.54) is 0 Å². The average molecular weight is 294 g/mol. The minimum atomic E-state index is -0.152. The molecule has 5 nitrogen and oxygen atoms in total. The molecule has 0 aromatic heterocycles. The summed E-state index contributed by atoms with van der Waals surface area (Å²) >= 11 is 0. The third-order valence-electron chi connectivity index (χ3n) is 4.60. The predicted molar refractivity (Wildman–Crippen MR) is 84.8 cm³/mol. The molecule has 0 aliphatic carbocycles. The lowest BCUT2D eigenvalue weighted by Crippen LogP contribution is -2.57. The number of piperazine rings is 1. The fourth-order valence-corrected chi connectivity index (χ4v) is 2.56. The molecule has 1 aliphatic rings. The Labute approximate surface area is 129 Å². The Kier molecular flexibility index (Phi) is 6.63. The van der Waals surface area contributed by atoms with Gasteiger partial charge >= 0.3 is 0 Å². The molecule has 1 heterocycles. The number of rotatable bonds is 6. The minimum absolute atomic E-state index is 0.00954. The normalized spacial score (nSPS) is 20.6. The van der Waals surface area contributed by atoms with E-state index in [9.17, 15) is 4.79 Å². The van der Waals surface area contributed by atoms with Gasteiger partial charge in [0.25, 0.3) is 0 Å². The Morgan fingerprint density at radius 2 is 1.76 bits per heavy atom. The van der Waals surface area contributed by atoms with Crippen LogP contribution in [0.1, 0.15) is 47.5 Å². The van der Waals surface area contributed by atoms with Crippen LogP contribution < -0.4 is 5.32 Å². The molecule has 1 N–H and O–H groups in total. The van der Waals surface area contributed by atoms with Crippen LogP contribution in [0.3, 0.4) is 0 Å². The van der Waals surface area contributed by atoms with Gasteiger partial charge in [0, 0.05) is 31.7 Å². The first-order chi connectivity index (χ1) is 9.84. The fourth-order valence-electron chi connectivity index (χ4n) is 2.56. The fraction of sp³-hybridized carbons (Fsp3) is 0.875. The van der Waals surface area contributed by atoms with Crippen LogP contribution in [0.2, 0.25) is 0 Å². The molecule has 1 saturated heterocycles. The lowest BCUT2D eigenvalue weighted by Gasteiger charge is -2.39. The highest BCUT2D eigenvalue weighted by Gasteiger charge is 2.29. The molecule has 0 saturated carbocycles. The largest absolute Gasteiger partial charge is 0.350 e. The Morgan fingerprint density at radius 3 is 2.19 bits per heavy atom. The lowest BCUT2D eigenvalue weighted by molar-refractivity contribution is -0.128. The molecule has 21 heavy (non-hydrogen) atoms. The first kappa shape index (κ1) is 17.9. The maximum Gasteiger partial charge on any atom is 0.237 e. The van der Waals surface area contributed by atoms with Crippen LogP contribution in [0.15, 0.2) is 0 Å². The first-order valence-electron chi connectivity index (χ1n) is 8.04. The van der Waals surface area contributed by atoms with E-state index in [0.29, 0.717) is 0 Å². The number of carbonyl (C=O) groups is 1. The van der Waals surface area contributed by atoms with Crippen molar-refractivity contribution in [2.24, 2.45) is 0 Å². The lowest BCUT2D eigenvalue weighted by atomic mass is 10.0. The molecule has 0 aromatic carbocycles. The molecule has 5 heteroatoms. The molecule has 0 radical (unpaired) electrons. The molecule has 1 rings (SSSR count). The van der Waals surface area contributed by atoms with Crippen LogP contribution in [0.25, 0.3) is 0 Å². The molecule has 1 aliphatic heterocycles. The third kappa shape index (κ3) is 4.98. The number of nitrogens with one attached hydrogen (secondary N) is 1. The molecule has 0 aromatic rings. The SMILES string of the molecule is CCC(C#N)N1CCN(C(C)C(=O)NC(C)(C)CC)CC1. The van der Waals surface area contributed by atoms with E-state index in [1.54, 1.807) is 0 Å². The summed E-state index contributed by atoms with van der Waals surface area (Å²) in [5, 5.41) is 12.2. The highest BCUT2D eigenvalue weighted by Crippen LogP contribution is 2.13. The monoisotopic (exact) mass is 294 g/mol. The van der Waals surface area contributed by atoms with Crippen LogP contribution in [0.4, 0.5) is 0 Å². The van der Waals surface area contributed by atoms with Gasteiger partial charge in [-0.1, -0.05) is 13.8 Å². The molecular weight excluding hydrogens is 264 g/mol. The second-order valence-corrected chi connectivity index (χ2v) is 6.53. The van der Waals surface area contributed by atoms with Crippen molar-refractivity contribution >= 4 is 5.91 Å². The number of nitrogens with zero attached hydrogens (tertiary/aromatic N) is 3. The topological polar surface area (TPSA) is 59.4 Å². The van der Waals surface area contributed by atoms with E-state index in [4.69, 9.17) is 5.26 Å². The standard InChI is InChI=1S/C16H30N4O/c1-6-14(12-17)20-10-8-19(9-11-20)13(3)15(21)18-16(4,5)7-2/h13-14H,6-11H2,1-5H3,(H,18,21). The number of amides is 1. The molecule has 0 bridgehead atoms. The summed E-state index contributed by atoms with van der Waals surface area (Å²) in [5.74, 6) is 0.0997. The first-order valence-corrected chi connectivity index (χ1v) is 8.04. The summed E-state index contributed by atoms with van der Waals surface area (Å²) in [6.45, 7) is 13.6. The molecule has 2 unspecified atom stereocenters. The van der Waals surface area contributed by atoms with Gasteiger partial charge in [0.05, 0.1) is 18.2 Å². The van der Waals surface area contributed by atoms with Crippen molar-refractivity contribution in [1.29, 1.82) is 5.26 Å². The van der Waals surface area contributed by atoms with Gasteiger partial charge in [0.1, 0.15) is 0 Å². The molecule has 1 amide bonds. The second-order valence-electron chi connectivity index (χ2n) is 6.53. The van der Waals surface area contributed by atoms with Crippen molar-refractivity contribution in [3.8, 4) is 6.07 Å². The summed E-state index contributed by atoms with van der Waals surface area (Å²) in [7, 11) is 0. The van der Waals surface area contributed by atoms with Crippen LogP contribution >= 0.6 is 0 Å². The smallest absolute Gasteiger partial charge is 0.237 e. The van der Waals surface area contributed by atoms with Gasteiger partial charge in [0.15, 0.2) is 0 Å². The van der Waals surface area contributed by atoms with Gasteiger partial charge in [-0.25, -0.2) is 0 Å². The summed E-state index contributed by atoms with van der Waals surface area (Å²) in [4.78, 5) is 16.8. The van der Waals surface area contributed by atoms with Crippen molar-refractivity contribution in [3.63, 3.8) is 0 Å². The van der Waals surface area contributed by atoms with Crippen molar-refractivity contribution in [3.05, 3.63) is 0 Å². The number of hydrogen-bond acceptors (Lipinski definition) is 4. The molecular formula is C16H30N4O. The van der Waals surface area contributed by atoms with Crippen molar-refractivity contribution in [1.82, 2.24) is 15.1 Å². The molecule has 120 valence electrons. The predicted octanol–water partition coefficient (Wildman–Crippen LogP) is 1.60. The van der Waals surface area contributed by atoms with Gasteiger partial charge in [-0.05, 0) is 33.6 Å². The number of carbonyl (C=O) groups excluding carboxylic acids is 1. The Hall–Kier alpha value is -1.12. The van der Waals surface area contributed by atoms with E-state index in [0.717, 1.165) is 39.0 Å². The maximum absolute atomic E-state index is 12.3. The molecule has 0 spiro atoms. The van der Waals surface area contributed by atoms with E-state index in [-0.39, 0.29) is 23.5 Å². The zero-order chi connectivity index (χ0) is 16.0. The average Bonchev–Trinajstić information content (AvgIpc) is 2.48. The third-order valence-corrected chi connectivity index (χ3v) is 4.60. The second kappa shape index (κ2) is 7.77. The van der Waals surface area contributed by atoms with Gasteiger partial charge in [0.2, 0.25) is 5.91 Å². The Bertz CT molecular complexity index is 380. The van der Waals surface area contributed by atoms with Gasteiger partial charge in [-0.15, -0.1) is 0 Å². The highest BCUT2D eigenvalue weighted by molar-refractivity contribution is 5.82. The zero-order valence-corrected chi connectivity index (χ0v) is 14.1. The van der Waals surface area contributed by atoms with Gasteiger partial charge in [-0.3, -0.25) is 14.6 Å². The Morgan fingerprint density at radius 1 is 1.24 bits per heavy atom. The van der Waals surface area contributed by atoms with Crippen LogP contribution in [-0.2, 0) is 4.79 Å². The van der Waals surface area contributed by atoms with Crippen molar-refractivity contribution in [2.45, 2.75) is 65.1 Å². The van der Waals surface area contributed by atoms with Crippen LogP contribution in [0, 0.1) is 11.3 Å².